The van der Waals surface area contributed by atoms with E-state index in [1.165, 1.54) is 56.9 Å². The fourth-order valence-corrected chi connectivity index (χ4v) is 6.97. The highest BCUT2D eigenvalue weighted by molar-refractivity contribution is 7.89. The number of morpholine rings is 1. The van der Waals surface area contributed by atoms with Gasteiger partial charge in [0.2, 0.25) is 10.0 Å². The molecule has 0 spiro atoms. The maximum absolute atomic E-state index is 13.8. The zero-order chi connectivity index (χ0) is 26.2. The van der Waals surface area contributed by atoms with Crippen molar-refractivity contribution in [2.45, 2.75) is 37.5 Å². The number of sulfonamides is 1. The van der Waals surface area contributed by atoms with Crippen LogP contribution in [0.1, 0.15) is 29.8 Å². The first-order valence-electron chi connectivity index (χ1n) is 11.9. The smallest absolute Gasteiger partial charge is 0.260 e. The fraction of sp³-hybridized carbons (Fsp3) is 0.259. The van der Waals surface area contributed by atoms with E-state index in [9.17, 15) is 17.6 Å². The maximum atomic E-state index is 13.8. The van der Waals surface area contributed by atoms with E-state index in [0.29, 0.717) is 20.9 Å². The van der Waals surface area contributed by atoms with Crippen LogP contribution < -0.4 is 4.90 Å². The molecular weight excluding hydrogens is 513 g/mol. The number of ether oxygens (including phenoxy) is 1. The summed E-state index contributed by atoms with van der Waals surface area (Å²) in [6.45, 7) is 4.49. The number of thiazole rings is 1. The zero-order valence-corrected chi connectivity index (χ0v) is 22.0. The molecule has 0 aliphatic carbocycles. The van der Waals surface area contributed by atoms with Crippen LogP contribution in [0.4, 0.5) is 9.52 Å². The molecule has 3 aromatic carbocycles. The Labute approximate surface area is 219 Å². The van der Waals surface area contributed by atoms with E-state index >= 15 is 0 Å². The standard InChI is InChI=1S/C27H26FN3O4S2/c1-18-15-30(16-19(2)35-18)37(33,34)23-11-8-21(9-12-23)26(32)31(17-20-6-4-3-5-7-20)27-29-24-13-10-22(28)14-25(24)36-27/h3-14,18-19H,15-17H2,1-2H3. The number of rotatable bonds is 6. The van der Waals surface area contributed by atoms with Gasteiger partial charge in [-0.05, 0) is 61.9 Å². The van der Waals surface area contributed by atoms with Crippen molar-refractivity contribution in [3.8, 4) is 0 Å². The van der Waals surface area contributed by atoms with Crippen LogP contribution in [0.15, 0.2) is 77.7 Å². The molecule has 7 nitrogen and oxygen atoms in total. The highest BCUT2D eigenvalue weighted by Gasteiger charge is 2.32. The first kappa shape index (κ1) is 25.5. The van der Waals surface area contributed by atoms with E-state index in [1.807, 2.05) is 44.2 Å². The van der Waals surface area contributed by atoms with E-state index in [0.717, 1.165) is 5.56 Å². The van der Waals surface area contributed by atoms with Gasteiger partial charge in [0.1, 0.15) is 5.82 Å². The minimum atomic E-state index is -3.73. The average molecular weight is 540 g/mol. The number of benzene rings is 3. The van der Waals surface area contributed by atoms with Gasteiger partial charge in [0.05, 0.1) is 33.9 Å². The summed E-state index contributed by atoms with van der Waals surface area (Å²) in [5.74, 6) is -0.703. The number of aromatic nitrogens is 1. The number of hydrogen-bond acceptors (Lipinski definition) is 6. The minimum Gasteiger partial charge on any atom is -0.373 e. The summed E-state index contributed by atoms with van der Waals surface area (Å²) in [6, 6.07) is 19.8. The molecule has 1 fully saturated rings. The van der Waals surface area contributed by atoms with Gasteiger partial charge >= 0.3 is 0 Å². The zero-order valence-electron chi connectivity index (χ0n) is 20.4. The van der Waals surface area contributed by atoms with Crippen molar-refractivity contribution in [3.05, 3.63) is 89.7 Å². The van der Waals surface area contributed by atoms with E-state index in [2.05, 4.69) is 4.98 Å². The molecule has 0 N–H and O–H groups in total. The Morgan fingerprint density at radius 2 is 1.73 bits per heavy atom. The Hall–Kier alpha value is -3.18. The van der Waals surface area contributed by atoms with Gasteiger partial charge in [0.25, 0.3) is 5.91 Å². The molecule has 1 aromatic heterocycles. The number of anilines is 1. The number of amides is 1. The van der Waals surface area contributed by atoms with Crippen LogP contribution in [-0.4, -0.2) is 48.9 Å². The Morgan fingerprint density at radius 3 is 2.41 bits per heavy atom. The van der Waals surface area contributed by atoms with Gasteiger partial charge in [-0.2, -0.15) is 4.31 Å². The molecule has 1 aliphatic rings. The van der Waals surface area contributed by atoms with Crippen molar-refractivity contribution in [2.75, 3.05) is 18.0 Å². The van der Waals surface area contributed by atoms with Gasteiger partial charge in [-0.1, -0.05) is 41.7 Å². The Kier molecular flexibility index (Phi) is 7.09. The van der Waals surface area contributed by atoms with Crippen LogP contribution in [0, 0.1) is 5.82 Å². The monoisotopic (exact) mass is 539 g/mol. The summed E-state index contributed by atoms with van der Waals surface area (Å²) in [5.41, 5.74) is 1.82. The molecule has 37 heavy (non-hydrogen) atoms. The summed E-state index contributed by atoms with van der Waals surface area (Å²) in [6.07, 6.45) is -0.401. The molecule has 0 radical (unpaired) electrons. The van der Waals surface area contributed by atoms with Gasteiger partial charge < -0.3 is 4.74 Å². The molecule has 4 aromatic rings. The Morgan fingerprint density at radius 1 is 1.05 bits per heavy atom. The van der Waals surface area contributed by atoms with Crippen LogP contribution in [0.5, 0.6) is 0 Å². The predicted molar refractivity (Wildman–Crippen MR) is 142 cm³/mol. The van der Waals surface area contributed by atoms with Crippen molar-refractivity contribution < 1.29 is 22.3 Å². The second-order valence-corrected chi connectivity index (χ2v) is 12.0. The van der Waals surface area contributed by atoms with E-state index in [1.54, 1.807) is 6.07 Å². The number of nitrogens with zero attached hydrogens (tertiary/aromatic N) is 3. The van der Waals surface area contributed by atoms with Gasteiger partial charge in [-0.3, -0.25) is 9.69 Å². The Bertz CT molecular complexity index is 1510. The second kappa shape index (κ2) is 10.3. The van der Waals surface area contributed by atoms with Crippen molar-refractivity contribution in [1.29, 1.82) is 0 Å². The van der Waals surface area contributed by atoms with E-state index in [4.69, 9.17) is 4.74 Å². The van der Waals surface area contributed by atoms with Crippen LogP contribution in [0.3, 0.4) is 0 Å². The normalized spacial score (nSPS) is 18.7. The second-order valence-electron chi connectivity index (χ2n) is 9.09. The van der Waals surface area contributed by atoms with Crippen molar-refractivity contribution >= 4 is 42.6 Å². The van der Waals surface area contributed by atoms with Gasteiger partial charge in [-0.15, -0.1) is 0 Å². The number of carbonyl (C=O) groups is 1. The minimum absolute atomic E-state index is 0.121. The summed E-state index contributed by atoms with van der Waals surface area (Å²) in [4.78, 5) is 19.9. The molecule has 1 saturated heterocycles. The maximum Gasteiger partial charge on any atom is 0.260 e. The lowest BCUT2D eigenvalue weighted by Crippen LogP contribution is -2.48. The average Bonchev–Trinajstić information content (AvgIpc) is 3.30. The van der Waals surface area contributed by atoms with Gasteiger partial charge in [-0.25, -0.2) is 17.8 Å². The molecule has 0 saturated carbocycles. The third-order valence-corrected chi connectivity index (χ3v) is 9.01. The van der Waals surface area contributed by atoms with Crippen LogP contribution in [-0.2, 0) is 21.3 Å². The molecular formula is C27H26FN3O4S2. The third-order valence-electron chi connectivity index (χ3n) is 6.12. The quantitative estimate of drug-likeness (QED) is 0.341. The lowest BCUT2D eigenvalue weighted by atomic mass is 10.1. The molecule has 0 bridgehead atoms. The van der Waals surface area contributed by atoms with E-state index in [-0.39, 0.29) is 48.5 Å². The van der Waals surface area contributed by atoms with Crippen LogP contribution >= 0.6 is 11.3 Å². The molecule has 2 atom stereocenters. The SMILES string of the molecule is CC1CN(S(=O)(=O)c2ccc(C(=O)N(Cc3ccccc3)c3nc4ccc(F)cc4s3)cc2)CC(C)O1. The highest BCUT2D eigenvalue weighted by Crippen LogP contribution is 2.32. The van der Waals surface area contributed by atoms with Gasteiger partial charge in [0.15, 0.2) is 5.13 Å². The molecule has 2 unspecified atom stereocenters. The number of hydrogen-bond donors (Lipinski definition) is 0. The molecule has 2 heterocycles. The number of halogens is 1. The summed E-state index contributed by atoms with van der Waals surface area (Å²) >= 11 is 1.23. The Balaban J connectivity index is 1.45. The molecule has 192 valence electrons. The van der Waals surface area contributed by atoms with E-state index < -0.39 is 10.0 Å². The summed E-state index contributed by atoms with van der Waals surface area (Å²) < 4.78 is 47.9. The van der Waals surface area contributed by atoms with Crippen molar-refractivity contribution in [1.82, 2.24) is 9.29 Å². The first-order valence-corrected chi connectivity index (χ1v) is 14.1. The predicted octanol–water partition coefficient (Wildman–Crippen LogP) is 5.08. The largest absolute Gasteiger partial charge is 0.373 e. The van der Waals surface area contributed by atoms with Gasteiger partial charge in [0, 0.05) is 18.7 Å². The van der Waals surface area contributed by atoms with Crippen molar-refractivity contribution in [2.24, 2.45) is 0 Å². The molecule has 10 heteroatoms. The first-order chi connectivity index (χ1) is 17.7. The topological polar surface area (TPSA) is 79.8 Å². The van der Waals surface area contributed by atoms with Crippen molar-refractivity contribution in [3.63, 3.8) is 0 Å². The van der Waals surface area contributed by atoms with Crippen LogP contribution in [0.2, 0.25) is 0 Å². The molecule has 1 aliphatic heterocycles. The summed E-state index contributed by atoms with van der Waals surface area (Å²) in [7, 11) is -3.73. The third kappa shape index (κ3) is 5.42. The highest BCUT2D eigenvalue weighted by atomic mass is 32.2. The molecule has 5 rings (SSSR count). The lowest BCUT2D eigenvalue weighted by molar-refractivity contribution is -0.0440. The lowest BCUT2D eigenvalue weighted by Gasteiger charge is -2.34. The molecule has 1 amide bonds. The fourth-order valence-electron chi connectivity index (χ4n) is 4.40. The van der Waals surface area contributed by atoms with Crippen LogP contribution in [0.25, 0.3) is 10.2 Å². The number of fused-ring (bicyclic) bond motifs is 1. The number of carbonyl (C=O) groups excluding carboxylic acids is 1. The summed E-state index contributed by atoms with van der Waals surface area (Å²) in [5, 5.41) is 0.433.